The van der Waals surface area contributed by atoms with Gasteiger partial charge in [0.2, 0.25) is 0 Å². The van der Waals surface area contributed by atoms with Gasteiger partial charge in [-0.05, 0) is 25.1 Å². The van der Waals surface area contributed by atoms with Gasteiger partial charge in [-0.25, -0.2) is 14.6 Å². The molecule has 3 aliphatic heterocycles. The number of aliphatic hydroxyl groups is 1. The zero-order valence-electron chi connectivity index (χ0n) is 20.2. The molecule has 0 spiro atoms. The maximum Gasteiger partial charge on any atom is 0.184 e. The normalized spacial score (nSPS) is 31.1. The van der Waals surface area contributed by atoms with E-state index in [1.54, 1.807) is 26.5 Å². The molecular weight excluding hydrogens is 530 g/mol. The molecule has 2 saturated heterocycles. The summed E-state index contributed by atoms with van der Waals surface area (Å²) in [4.78, 5) is 9.04. The lowest BCUT2D eigenvalue weighted by molar-refractivity contribution is -0.322. The molecule has 2 aromatic heterocycles. The second-order valence-corrected chi connectivity index (χ2v) is 10.8. The van der Waals surface area contributed by atoms with Crippen molar-refractivity contribution in [2.45, 2.75) is 49.2 Å². The van der Waals surface area contributed by atoms with Crippen molar-refractivity contribution in [3.05, 3.63) is 71.3 Å². The highest BCUT2D eigenvalue weighted by Gasteiger charge is 2.55. The first-order valence-corrected chi connectivity index (χ1v) is 13.6. The van der Waals surface area contributed by atoms with Crippen molar-refractivity contribution in [1.82, 2.24) is 24.8 Å². The Bertz CT molecular complexity index is 1480. The van der Waals surface area contributed by atoms with Crippen LogP contribution in [0.25, 0.3) is 15.9 Å². The third kappa shape index (κ3) is 4.08. The van der Waals surface area contributed by atoms with Gasteiger partial charge in [-0.15, -0.1) is 11.3 Å². The van der Waals surface area contributed by atoms with Gasteiger partial charge >= 0.3 is 0 Å². The van der Waals surface area contributed by atoms with Gasteiger partial charge in [0.15, 0.2) is 12.1 Å². The summed E-state index contributed by atoms with van der Waals surface area (Å²) in [6.07, 6.45) is -3.65. The van der Waals surface area contributed by atoms with E-state index in [9.17, 15) is 5.11 Å². The first kappa shape index (κ1) is 24.1. The fourth-order valence-corrected chi connectivity index (χ4v) is 6.20. The Morgan fingerprint density at radius 2 is 2.00 bits per heavy atom. The molecule has 0 bridgehead atoms. The molecule has 0 radical (unpaired) electrons. The van der Waals surface area contributed by atoms with Crippen LogP contribution >= 0.6 is 22.9 Å². The minimum absolute atomic E-state index is 0.252. The second-order valence-electron chi connectivity index (χ2n) is 9.41. The van der Waals surface area contributed by atoms with E-state index in [2.05, 4.69) is 25.4 Å². The molecule has 13 heteroatoms. The lowest BCUT2D eigenvalue weighted by Crippen LogP contribution is -2.64. The lowest BCUT2D eigenvalue weighted by Gasteiger charge is -2.50. The Morgan fingerprint density at radius 1 is 1.13 bits per heavy atom. The number of fused-ring (bicyclic) bond motifs is 2. The molecule has 7 rings (SSSR count). The van der Waals surface area contributed by atoms with E-state index >= 15 is 0 Å². The van der Waals surface area contributed by atoms with Crippen LogP contribution in [0.4, 0.5) is 0 Å². The van der Waals surface area contributed by atoms with E-state index < -0.39 is 42.2 Å². The molecule has 2 fully saturated rings. The Morgan fingerprint density at radius 3 is 2.82 bits per heavy atom. The van der Waals surface area contributed by atoms with Crippen LogP contribution in [-0.2, 0) is 14.2 Å². The van der Waals surface area contributed by atoms with Crippen LogP contribution in [0, 0.1) is 6.92 Å². The molecule has 2 unspecified atom stereocenters. The Kier molecular flexibility index (Phi) is 6.10. The maximum atomic E-state index is 11.8. The average molecular weight is 554 g/mol. The number of aromatic nitrogens is 4. The third-order valence-corrected chi connectivity index (χ3v) is 8.12. The minimum Gasteiger partial charge on any atom is -0.388 e. The van der Waals surface area contributed by atoms with Crippen LogP contribution in [0.15, 0.2) is 64.4 Å². The van der Waals surface area contributed by atoms with E-state index in [-0.39, 0.29) is 6.61 Å². The zero-order valence-corrected chi connectivity index (χ0v) is 21.8. The number of aliphatic hydroxyl groups excluding tert-OH is 1. The van der Waals surface area contributed by atoms with Gasteiger partial charge in [-0.1, -0.05) is 47.2 Å². The number of hydrogen-bond acceptors (Lipinski definition) is 11. The van der Waals surface area contributed by atoms with Gasteiger partial charge in [0.25, 0.3) is 0 Å². The Labute approximate surface area is 226 Å². The van der Waals surface area contributed by atoms with E-state index in [4.69, 9.17) is 25.8 Å². The smallest absolute Gasteiger partial charge is 0.184 e. The number of nitrogens with zero attached hydrogens (tertiary/aromatic N) is 7. The summed E-state index contributed by atoms with van der Waals surface area (Å²) < 4.78 is 21.7. The summed E-state index contributed by atoms with van der Waals surface area (Å²) in [5.41, 5.74) is 3.86. The number of ether oxygens (including phenoxy) is 3. The predicted octanol–water partition coefficient (Wildman–Crippen LogP) is 3.72. The van der Waals surface area contributed by atoms with Gasteiger partial charge in [0, 0.05) is 5.56 Å². The molecule has 0 aliphatic carbocycles. The largest absolute Gasteiger partial charge is 0.388 e. The van der Waals surface area contributed by atoms with Crippen LogP contribution < -0.4 is 0 Å². The highest BCUT2D eigenvalue weighted by atomic mass is 35.5. The van der Waals surface area contributed by atoms with Gasteiger partial charge < -0.3 is 19.3 Å². The molecule has 4 aromatic rings. The van der Waals surface area contributed by atoms with Crippen molar-refractivity contribution in [3.63, 3.8) is 0 Å². The summed E-state index contributed by atoms with van der Waals surface area (Å²) in [6, 6.07) is 14.9. The fourth-order valence-electron chi connectivity index (χ4n) is 5.26. The van der Waals surface area contributed by atoms with E-state index in [1.807, 2.05) is 55.5 Å². The van der Waals surface area contributed by atoms with Gasteiger partial charge in [-0.2, -0.15) is 10.2 Å². The topological polar surface area (TPSA) is 119 Å². The number of alkyl halides is 1. The average Bonchev–Trinajstić information content (AvgIpc) is 3.68. The first-order chi connectivity index (χ1) is 18.6. The molecule has 11 nitrogen and oxygen atoms in total. The molecule has 3 aliphatic rings. The van der Waals surface area contributed by atoms with Crippen molar-refractivity contribution in [2.75, 3.05) is 13.2 Å². The predicted molar refractivity (Wildman–Crippen MR) is 138 cm³/mol. The van der Waals surface area contributed by atoms with Crippen molar-refractivity contribution in [2.24, 2.45) is 10.3 Å². The molecule has 7 atom stereocenters. The monoisotopic (exact) mass is 553 g/mol. The standard InChI is InChI=1S/C25H24ClN7O4S/c1-13-29-24(32(30-13)15-7-8-16-18(9-15)38-12-27-16)23-21(34)20(33-19(26)10-28-31-33)22-17(36-23)11-35-25(37-22)14-5-3-2-4-6-14/h2-9,12,17,19-23,25,34H,10-11H2,1H3/t17-,19?,20-,21-,22+,23-,25?/m1/s1. The van der Waals surface area contributed by atoms with Crippen LogP contribution in [0.5, 0.6) is 0 Å². The van der Waals surface area contributed by atoms with Crippen molar-refractivity contribution in [1.29, 1.82) is 0 Å². The summed E-state index contributed by atoms with van der Waals surface area (Å²) in [7, 11) is 0. The lowest BCUT2D eigenvalue weighted by atomic mass is 9.90. The quantitative estimate of drug-likeness (QED) is 0.300. The van der Waals surface area contributed by atoms with Gasteiger partial charge in [-0.3, -0.25) is 5.01 Å². The summed E-state index contributed by atoms with van der Waals surface area (Å²) in [5.74, 6) is 1.02. The summed E-state index contributed by atoms with van der Waals surface area (Å²) in [6.45, 7) is 2.37. The van der Waals surface area contributed by atoms with Gasteiger partial charge in [0.1, 0.15) is 41.8 Å². The molecule has 0 saturated carbocycles. The zero-order chi connectivity index (χ0) is 25.8. The molecule has 38 heavy (non-hydrogen) atoms. The second kappa shape index (κ2) is 9.63. The summed E-state index contributed by atoms with van der Waals surface area (Å²) in [5, 5.41) is 26.4. The van der Waals surface area contributed by atoms with Crippen LogP contribution in [-0.4, -0.2) is 72.9 Å². The van der Waals surface area contributed by atoms with Gasteiger partial charge in [0.05, 0.1) is 34.6 Å². The molecule has 0 amide bonds. The number of aryl methyl sites for hydroxylation is 1. The number of hydrogen-bond donors (Lipinski definition) is 1. The first-order valence-electron chi connectivity index (χ1n) is 12.3. The van der Waals surface area contributed by atoms with E-state index in [0.29, 0.717) is 18.2 Å². The molecular formula is C25H24ClN7O4S. The van der Waals surface area contributed by atoms with Crippen LogP contribution in [0.3, 0.4) is 0 Å². The number of thiazole rings is 1. The highest BCUT2D eigenvalue weighted by Crippen LogP contribution is 2.42. The Balaban J connectivity index is 1.26. The van der Waals surface area contributed by atoms with Crippen molar-refractivity contribution < 1.29 is 19.3 Å². The molecule has 5 heterocycles. The fraction of sp³-hybridized carbons (Fsp3) is 0.400. The highest BCUT2D eigenvalue weighted by molar-refractivity contribution is 7.16. The third-order valence-electron chi connectivity index (χ3n) is 6.99. The van der Waals surface area contributed by atoms with Crippen molar-refractivity contribution >= 4 is 33.2 Å². The maximum absolute atomic E-state index is 11.8. The van der Waals surface area contributed by atoms with E-state index in [1.165, 1.54) is 0 Å². The minimum atomic E-state index is -1.10. The molecule has 196 valence electrons. The van der Waals surface area contributed by atoms with Crippen molar-refractivity contribution in [3.8, 4) is 5.69 Å². The Hall–Kier alpha value is -3.00. The summed E-state index contributed by atoms with van der Waals surface area (Å²) >= 11 is 8.14. The van der Waals surface area contributed by atoms with Crippen LogP contribution in [0.1, 0.15) is 29.6 Å². The van der Waals surface area contributed by atoms with Crippen LogP contribution in [0.2, 0.25) is 0 Å². The molecule has 1 N–H and O–H groups in total. The number of halogens is 1. The molecule has 2 aromatic carbocycles. The van der Waals surface area contributed by atoms with E-state index in [0.717, 1.165) is 21.5 Å². The SMILES string of the molecule is Cc1nc([C@@H]2O[C@@H]3COC(c4ccccc4)O[C@@H]3[C@H](N3N=NCC3Cl)[C@H]2O)n(-c2ccc3ncsc3c2)n1. The number of rotatable bonds is 4. The number of benzene rings is 2.